The van der Waals surface area contributed by atoms with Crippen LogP contribution in [0.25, 0.3) is 6.08 Å². The molecule has 0 spiro atoms. The number of hydrogen-bond donors (Lipinski definition) is 0. The minimum Gasteiger partial charge on any atom is -0.463 e. The molecule has 0 atom stereocenters. The van der Waals surface area contributed by atoms with E-state index in [4.69, 9.17) is 4.74 Å². The Morgan fingerprint density at radius 1 is 1.60 bits per heavy atom. The summed E-state index contributed by atoms with van der Waals surface area (Å²) >= 11 is 0. The normalized spacial score (nSPS) is 10.8. The summed E-state index contributed by atoms with van der Waals surface area (Å²) < 4.78 is 6.91. The van der Waals surface area contributed by atoms with E-state index < -0.39 is 0 Å². The lowest BCUT2D eigenvalue weighted by molar-refractivity contribution is -0.137. The second-order valence-electron chi connectivity index (χ2n) is 3.46. The van der Waals surface area contributed by atoms with Gasteiger partial charge in [-0.05, 0) is 24.1 Å². The molecule has 0 radical (unpaired) electrons. The molecule has 3 nitrogen and oxygen atoms in total. The van der Waals surface area contributed by atoms with Crippen molar-refractivity contribution in [3.8, 4) is 0 Å². The summed E-state index contributed by atoms with van der Waals surface area (Å²) in [4.78, 5) is 11.2. The largest absolute Gasteiger partial charge is 0.463 e. The molecule has 82 valence electrons. The maximum Gasteiger partial charge on any atom is 0.330 e. The Labute approximate surface area is 90.4 Å². The van der Waals surface area contributed by atoms with E-state index in [0.29, 0.717) is 6.61 Å². The Bertz CT molecular complexity index is 339. The molecule has 3 heteroatoms. The first-order valence-electron chi connectivity index (χ1n) is 5.19. The van der Waals surface area contributed by atoms with Crippen LogP contribution < -0.4 is 0 Å². The number of ether oxygens (including phenoxy) is 1. The molecule has 0 aliphatic rings. The molecule has 0 aliphatic carbocycles. The first kappa shape index (κ1) is 11.6. The van der Waals surface area contributed by atoms with Crippen LogP contribution in [0.2, 0.25) is 0 Å². The van der Waals surface area contributed by atoms with Gasteiger partial charge in [0.25, 0.3) is 0 Å². The molecular weight excluding hydrogens is 190 g/mol. The number of carbonyl (C=O) groups is 1. The lowest BCUT2D eigenvalue weighted by Gasteiger charge is -1.98. The monoisotopic (exact) mass is 207 g/mol. The van der Waals surface area contributed by atoms with Crippen molar-refractivity contribution in [1.29, 1.82) is 0 Å². The van der Waals surface area contributed by atoms with Gasteiger partial charge in [-0.25, -0.2) is 4.79 Å². The topological polar surface area (TPSA) is 31.2 Å². The third-order valence-corrected chi connectivity index (χ3v) is 2.01. The van der Waals surface area contributed by atoms with Crippen molar-refractivity contribution in [2.75, 3.05) is 6.61 Å². The predicted molar refractivity (Wildman–Crippen MR) is 60.3 cm³/mol. The van der Waals surface area contributed by atoms with Gasteiger partial charge in [-0.1, -0.05) is 13.3 Å². The van der Waals surface area contributed by atoms with Gasteiger partial charge in [0, 0.05) is 25.5 Å². The molecule has 0 aliphatic heterocycles. The van der Waals surface area contributed by atoms with Crippen LogP contribution in [0.1, 0.15) is 25.3 Å². The molecule has 0 unspecified atom stereocenters. The Balaban J connectivity index is 2.34. The van der Waals surface area contributed by atoms with E-state index in [2.05, 4.69) is 6.92 Å². The highest BCUT2D eigenvalue weighted by Crippen LogP contribution is 2.02. The van der Waals surface area contributed by atoms with Gasteiger partial charge < -0.3 is 9.30 Å². The standard InChI is InChI=1S/C12H17NO2/c1-3-4-9-15-12(14)6-5-11-7-8-13(2)10-11/h5-8,10H,3-4,9H2,1-2H3/b6-5+. The minimum atomic E-state index is -0.271. The van der Waals surface area contributed by atoms with Gasteiger partial charge in [0.1, 0.15) is 0 Å². The highest BCUT2D eigenvalue weighted by Gasteiger charge is 1.96. The van der Waals surface area contributed by atoms with Crippen LogP contribution in [-0.2, 0) is 16.6 Å². The number of nitrogens with zero attached hydrogens (tertiary/aromatic N) is 1. The van der Waals surface area contributed by atoms with Gasteiger partial charge in [-0.2, -0.15) is 0 Å². The van der Waals surface area contributed by atoms with Gasteiger partial charge in [-0.15, -0.1) is 0 Å². The van der Waals surface area contributed by atoms with E-state index in [-0.39, 0.29) is 5.97 Å². The average Bonchev–Trinajstić information content (AvgIpc) is 2.62. The van der Waals surface area contributed by atoms with E-state index in [1.165, 1.54) is 6.08 Å². The molecule has 1 heterocycles. The lowest BCUT2D eigenvalue weighted by atomic mass is 10.3. The number of aromatic nitrogens is 1. The third kappa shape index (κ3) is 4.49. The number of hydrogen-bond acceptors (Lipinski definition) is 2. The van der Waals surface area contributed by atoms with Gasteiger partial charge in [0.15, 0.2) is 0 Å². The second-order valence-corrected chi connectivity index (χ2v) is 3.46. The smallest absolute Gasteiger partial charge is 0.330 e. The van der Waals surface area contributed by atoms with Crippen molar-refractivity contribution in [3.63, 3.8) is 0 Å². The van der Waals surface area contributed by atoms with Crippen LogP contribution >= 0.6 is 0 Å². The first-order chi connectivity index (χ1) is 7.22. The molecule has 0 fully saturated rings. The summed E-state index contributed by atoms with van der Waals surface area (Å²) in [6.45, 7) is 2.57. The van der Waals surface area contributed by atoms with E-state index in [1.54, 1.807) is 6.08 Å². The summed E-state index contributed by atoms with van der Waals surface area (Å²) in [7, 11) is 1.94. The molecule has 0 saturated carbocycles. The summed E-state index contributed by atoms with van der Waals surface area (Å²) in [5.41, 5.74) is 1.00. The van der Waals surface area contributed by atoms with Crippen molar-refractivity contribution in [1.82, 2.24) is 4.57 Å². The maximum atomic E-state index is 11.2. The van der Waals surface area contributed by atoms with E-state index in [0.717, 1.165) is 18.4 Å². The number of carbonyl (C=O) groups excluding carboxylic acids is 1. The second kappa shape index (κ2) is 6.06. The predicted octanol–water partition coefficient (Wildman–Crippen LogP) is 2.38. The number of esters is 1. The highest BCUT2D eigenvalue weighted by atomic mass is 16.5. The van der Waals surface area contributed by atoms with Gasteiger partial charge in [0.05, 0.1) is 6.61 Å². The maximum absolute atomic E-state index is 11.2. The molecule has 0 N–H and O–H groups in total. The third-order valence-electron chi connectivity index (χ3n) is 2.01. The molecule has 0 aromatic carbocycles. The van der Waals surface area contributed by atoms with Crippen LogP contribution in [0.3, 0.4) is 0 Å². The quantitative estimate of drug-likeness (QED) is 0.421. The summed E-state index contributed by atoms with van der Waals surface area (Å²) in [5, 5.41) is 0. The molecule has 0 bridgehead atoms. The van der Waals surface area contributed by atoms with E-state index >= 15 is 0 Å². The van der Waals surface area contributed by atoms with Crippen LogP contribution in [-0.4, -0.2) is 17.1 Å². The molecule has 1 aromatic rings. The number of unbranched alkanes of at least 4 members (excludes halogenated alkanes) is 1. The van der Waals surface area contributed by atoms with Gasteiger partial charge >= 0.3 is 5.97 Å². The molecule has 1 rings (SSSR count). The van der Waals surface area contributed by atoms with Crippen molar-refractivity contribution in [2.24, 2.45) is 7.05 Å². The van der Waals surface area contributed by atoms with Crippen molar-refractivity contribution in [2.45, 2.75) is 19.8 Å². The van der Waals surface area contributed by atoms with Crippen molar-refractivity contribution >= 4 is 12.0 Å². The van der Waals surface area contributed by atoms with Crippen LogP contribution in [0.4, 0.5) is 0 Å². The summed E-state index contributed by atoms with van der Waals surface area (Å²) in [5.74, 6) is -0.271. The van der Waals surface area contributed by atoms with E-state index in [9.17, 15) is 4.79 Å². The zero-order valence-corrected chi connectivity index (χ0v) is 9.27. The Kier molecular flexibility index (Phi) is 4.68. The Hall–Kier alpha value is -1.51. The van der Waals surface area contributed by atoms with Gasteiger partial charge in [0.2, 0.25) is 0 Å². The Morgan fingerprint density at radius 2 is 2.40 bits per heavy atom. The summed E-state index contributed by atoms with van der Waals surface area (Å²) in [6, 6.07) is 1.94. The fourth-order valence-corrected chi connectivity index (χ4v) is 1.15. The van der Waals surface area contributed by atoms with Gasteiger partial charge in [-0.3, -0.25) is 0 Å². The zero-order chi connectivity index (χ0) is 11.1. The highest BCUT2D eigenvalue weighted by molar-refractivity contribution is 5.86. The zero-order valence-electron chi connectivity index (χ0n) is 9.27. The fraction of sp³-hybridized carbons (Fsp3) is 0.417. The van der Waals surface area contributed by atoms with Crippen LogP contribution in [0.5, 0.6) is 0 Å². The van der Waals surface area contributed by atoms with Crippen molar-refractivity contribution in [3.05, 3.63) is 30.1 Å². The molecular formula is C12H17NO2. The molecule has 15 heavy (non-hydrogen) atoms. The molecule has 0 amide bonds. The molecule has 1 aromatic heterocycles. The van der Waals surface area contributed by atoms with Crippen LogP contribution in [0.15, 0.2) is 24.5 Å². The minimum absolute atomic E-state index is 0.271. The Morgan fingerprint density at radius 3 is 3.00 bits per heavy atom. The van der Waals surface area contributed by atoms with E-state index in [1.807, 2.05) is 30.1 Å². The lowest BCUT2D eigenvalue weighted by Crippen LogP contribution is -2.01. The van der Waals surface area contributed by atoms with Crippen molar-refractivity contribution < 1.29 is 9.53 Å². The fourth-order valence-electron chi connectivity index (χ4n) is 1.15. The SMILES string of the molecule is CCCCOC(=O)/C=C/c1ccn(C)c1. The van der Waals surface area contributed by atoms with Crippen LogP contribution in [0, 0.1) is 0 Å². The average molecular weight is 207 g/mol. The number of rotatable bonds is 5. The summed E-state index contributed by atoms with van der Waals surface area (Å²) in [6.07, 6.45) is 9.05. The first-order valence-corrected chi connectivity index (χ1v) is 5.19. The molecule has 0 saturated heterocycles. The number of aryl methyl sites for hydroxylation is 1.